The van der Waals surface area contributed by atoms with Gasteiger partial charge >= 0.3 is 0 Å². The summed E-state index contributed by atoms with van der Waals surface area (Å²) in [6.45, 7) is 1.37. The molecule has 0 bridgehead atoms. The summed E-state index contributed by atoms with van der Waals surface area (Å²) in [6.07, 6.45) is 0.729. The summed E-state index contributed by atoms with van der Waals surface area (Å²) >= 11 is 0. The van der Waals surface area contributed by atoms with E-state index in [0.717, 1.165) is 6.42 Å². The van der Waals surface area contributed by atoms with E-state index in [1.54, 1.807) is 35.0 Å². The molecule has 18 heavy (non-hydrogen) atoms. The lowest BCUT2D eigenvalue weighted by atomic mass is 10.1. The molecular weight excluding hydrogens is 233 g/mol. The molecule has 0 radical (unpaired) electrons. The number of hydrogen-bond donors (Lipinski definition) is 1. The van der Waals surface area contributed by atoms with Crippen LogP contribution < -0.4 is 10.6 Å². The van der Waals surface area contributed by atoms with E-state index in [9.17, 15) is 9.18 Å². The number of nitrogens with two attached hydrogens (primary N) is 1. The summed E-state index contributed by atoms with van der Waals surface area (Å²) in [6, 6.07) is 6.59. The van der Waals surface area contributed by atoms with Gasteiger partial charge in [0.1, 0.15) is 5.82 Å². The zero-order chi connectivity index (χ0) is 13.1. The van der Waals surface area contributed by atoms with Crippen molar-refractivity contribution in [3.8, 4) is 0 Å². The number of anilines is 1. The third kappa shape index (κ3) is 2.46. The van der Waals surface area contributed by atoms with Crippen LogP contribution in [0.3, 0.4) is 0 Å². The van der Waals surface area contributed by atoms with Gasteiger partial charge in [-0.2, -0.15) is 0 Å². The maximum Gasteiger partial charge on any atom is 0.242 e. The summed E-state index contributed by atoms with van der Waals surface area (Å²) in [5, 5.41) is 0. The molecule has 1 heterocycles. The second kappa shape index (κ2) is 5.35. The van der Waals surface area contributed by atoms with E-state index in [-0.39, 0.29) is 24.3 Å². The first-order valence-electron chi connectivity index (χ1n) is 6.08. The number of benzene rings is 1. The number of carbonyl (C=O) groups excluding carboxylic acids is 1. The van der Waals surface area contributed by atoms with Gasteiger partial charge in [-0.05, 0) is 25.1 Å². The van der Waals surface area contributed by atoms with Crippen molar-refractivity contribution in [2.45, 2.75) is 12.5 Å². The third-order valence-corrected chi connectivity index (χ3v) is 3.39. The predicted octanol–water partition coefficient (Wildman–Crippen LogP) is 0.821. The molecule has 1 aliphatic heterocycles. The Hall–Kier alpha value is -1.62. The van der Waals surface area contributed by atoms with E-state index in [1.165, 1.54) is 6.07 Å². The highest BCUT2D eigenvalue weighted by Crippen LogP contribution is 2.22. The summed E-state index contributed by atoms with van der Waals surface area (Å²) < 4.78 is 13.7. The van der Waals surface area contributed by atoms with Crippen molar-refractivity contribution < 1.29 is 9.18 Å². The highest BCUT2D eigenvalue weighted by Gasteiger charge is 2.30. The van der Waals surface area contributed by atoms with Crippen molar-refractivity contribution in [2.75, 3.05) is 31.6 Å². The monoisotopic (exact) mass is 251 g/mol. The number of hydrogen-bond acceptors (Lipinski definition) is 3. The van der Waals surface area contributed by atoms with Crippen LogP contribution in [0.5, 0.6) is 0 Å². The average Bonchev–Trinajstić information content (AvgIpc) is 2.35. The molecule has 1 aliphatic rings. The van der Waals surface area contributed by atoms with Gasteiger partial charge in [-0.25, -0.2) is 4.39 Å². The molecule has 2 N–H and O–H groups in total. The Morgan fingerprint density at radius 2 is 2.17 bits per heavy atom. The van der Waals surface area contributed by atoms with Gasteiger partial charge in [0.2, 0.25) is 5.91 Å². The Morgan fingerprint density at radius 3 is 2.83 bits per heavy atom. The van der Waals surface area contributed by atoms with Gasteiger partial charge in [0.15, 0.2) is 0 Å². The number of para-hydroxylation sites is 1. The minimum Gasteiger partial charge on any atom is -0.358 e. The molecule has 98 valence electrons. The molecule has 2 rings (SSSR count). The molecule has 0 saturated carbocycles. The number of rotatable bonds is 3. The fourth-order valence-electron chi connectivity index (χ4n) is 2.29. The summed E-state index contributed by atoms with van der Waals surface area (Å²) in [5.41, 5.74) is 6.04. The maximum absolute atomic E-state index is 13.7. The quantitative estimate of drug-likeness (QED) is 0.865. The van der Waals surface area contributed by atoms with E-state index in [0.29, 0.717) is 18.8 Å². The lowest BCUT2D eigenvalue weighted by Crippen LogP contribution is -2.55. The zero-order valence-corrected chi connectivity index (χ0v) is 10.5. The van der Waals surface area contributed by atoms with Gasteiger partial charge in [0, 0.05) is 13.6 Å². The van der Waals surface area contributed by atoms with E-state index in [1.807, 2.05) is 0 Å². The van der Waals surface area contributed by atoms with E-state index in [4.69, 9.17) is 5.73 Å². The fraction of sp³-hybridized carbons (Fsp3) is 0.462. The summed E-state index contributed by atoms with van der Waals surface area (Å²) in [4.78, 5) is 15.4. The topological polar surface area (TPSA) is 49.6 Å². The first-order valence-corrected chi connectivity index (χ1v) is 6.08. The van der Waals surface area contributed by atoms with Crippen molar-refractivity contribution in [3.05, 3.63) is 30.1 Å². The number of nitrogens with zero attached hydrogens (tertiary/aromatic N) is 2. The minimum atomic E-state index is -0.290. The minimum absolute atomic E-state index is 0.00273. The van der Waals surface area contributed by atoms with Crippen LogP contribution in [-0.4, -0.2) is 43.5 Å². The van der Waals surface area contributed by atoms with Crippen molar-refractivity contribution in [1.82, 2.24) is 4.90 Å². The van der Waals surface area contributed by atoms with Crippen LogP contribution in [0.1, 0.15) is 6.42 Å². The fourth-order valence-corrected chi connectivity index (χ4v) is 2.29. The average molecular weight is 251 g/mol. The van der Waals surface area contributed by atoms with Crippen molar-refractivity contribution in [1.29, 1.82) is 0 Å². The van der Waals surface area contributed by atoms with Crippen LogP contribution in [0.4, 0.5) is 10.1 Å². The first kappa shape index (κ1) is 12.8. The number of likely N-dealkylation sites (N-methyl/N-ethyl adjacent to an activating group) is 1. The van der Waals surface area contributed by atoms with Crippen LogP contribution in [0.15, 0.2) is 24.3 Å². The normalized spacial score (nSPS) is 20.4. The van der Waals surface area contributed by atoms with E-state index in [2.05, 4.69) is 0 Å². The lowest BCUT2D eigenvalue weighted by molar-refractivity contribution is -0.132. The predicted molar refractivity (Wildman–Crippen MR) is 68.8 cm³/mol. The number of piperazine rings is 1. The summed E-state index contributed by atoms with van der Waals surface area (Å²) in [7, 11) is 1.78. The van der Waals surface area contributed by atoms with Crippen molar-refractivity contribution in [2.24, 2.45) is 5.73 Å². The molecule has 1 fully saturated rings. The van der Waals surface area contributed by atoms with Crippen LogP contribution in [0.2, 0.25) is 0 Å². The highest BCUT2D eigenvalue weighted by molar-refractivity contribution is 5.83. The van der Waals surface area contributed by atoms with Crippen LogP contribution >= 0.6 is 0 Å². The number of carbonyl (C=O) groups is 1. The van der Waals surface area contributed by atoms with E-state index >= 15 is 0 Å². The van der Waals surface area contributed by atoms with Gasteiger partial charge < -0.3 is 15.5 Å². The Bertz CT molecular complexity index is 438. The van der Waals surface area contributed by atoms with E-state index < -0.39 is 0 Å². The Morgan fingerprint density at radius 1 is 1.44 bits per heavy atom. The molecule has 4 nitrogen and oxygen atoms in total. The molecule has 1 atom stereocenters. The maximum atomic E-state index is 13.7. The molecule has 1 aromatic rings. The zero-order valence-electron chi connectivity index (χ0n) is 10.5. The van der Waals surface area contributed by atoms with Crippen LogP contribution in [-0.2, 0) is 4.79 Å². The molecule has 1 amide bonds. The second-order valence-corrected chi connectivity index (χ2v) is 4.57. The standard InChI is InChI=1S/C13H18FN3O/c1-16-10(6-7-15)8-17(9-13(16)18)12-5-3-2-4-11(12)14/h2-5,10H,6-9,15H2,1H3. The van der Waals surface area contributed by atoms with Gasteiger partial charge in [0.05, 0.1) is 18.3 Å². The Labute approximate surface area is 106 Å². The SMILES string of the molecule is CN1C(=O)CN(c2ccccc2F)CC1CCN. The first-order chi connectivity index (χ1) is 8.63. The van der Waals surface area contributed by atoms with Gasteiger partial charge in [-0.1, -0.05) is 12.1 Å². The number of amides is 1. The Balaban J connectivity index is 2.20. The van der Waals surface area contributed by atoms with Gasteiger partial charge in [0.25, 0.3) is 0 Å². The second-order valence-electron chi connectivity index (χ2n) is 4.57. The molecular formula is C13H18FN3O. The van der Waals surface area contributed by atoms with Crippen molar-refractivity contribution >= 4 is 11.6 Å². The van der Waals surface area contributed by atoms with Crippen LogP contribution in [0.25, 0.3) is 0 Å². The van der Waals surface area contributed by atoms with Gasteiger partial charge in [-0.3, -0.25) is 4.79 Å². The highest BCUT2D eigenvalue weighted by atomic mass is 19.1. The molecule has 0 aromatic heterocycles. The molecule has 1 saturated heterocycles. The number of halogens is 1. The molecule has 1 aromatic carbocycles. The molecule has 5 heteroatoms. The molecule has 1 unspecified atom stereocenters. The summed E-state index contributed by atoms with van der Waals surface area (Å²) in [5.74, 6) is -0.288. The molecule has 0 spiro atoms. The Kier molecular flexibility index (Phi) is 3.81. The largest absolute Gasteiger partial charge is 0.358 e. The molecule has 0 aliphatic carbocycles. The lowest BCUT2D eigenvalue weighted by Gasteiger charge is -2.40. The smallest absolute Gasteiger partial charge is 0.242 e. The van der Waals surface area contributed by atoms with Crippen molar-refractivity contribution in [3.63, 3.8) is 0 Å². The third-order valence-electron chi connectivity index (χ3n) is 3.39. The van der Waals surface area contributed by atoms with Crippen LogP contribution in [0, 0.1) is 5.82 Å². The van der Waals surface area contributed by atoms with Gasteiger partial charge in [-0.15, -0.1) is 0 Å².